The number of rotatable bonds is 5. The van der Waals surface area contributed by atoms with Crippen LogP contribution in [0.25, 0.3) is 28.1 Å². The molecule has 2 aliphatic heterocycles. The highest BCUT2D eigenvalue weighted by Gasteiger charge is 2.24. The summed E-state index contributed by atoms with van der Waals surface area (Å²) in [4.78, 5) is 20.6. The molecule has 1 atom stereocenters. The molecular weight excluding hydrogens is 456 g/mol. The Morgan fingerprint density at radius 1 is 1.14 bits per heavy atom. The Bertz CT molecular complexity index is 1460. The van der Waals surface area contributed by atoms with Gasteiger partial charge in [-0.25, -0.2) is 24.6 Å². The summed E-state index contributed by atoms with van der Waals surface area (Å²) in [6.07, 6.45) is 8.52. The Morgan fingerprint density at radius 2 is 2.06 bits per heavy atom. The molecule has 0 unspecified atom stereocenters. The Labute approximate surface area is 207 Å². The molecule has 0 amide bonds. The van der Waals surface area contributed by atoms with Crippen molar-refractivity contribution >= 4 is 22.8 Å². The van der Waals surface area contributed by atoms with E-state index < -0.39 is 0 Å². The van der Waals surface area contributed by atoms with Crippen molar-refractivity contribution in [1.82, 2.24) is 40.2 Å². The standard InChI is InChI=1S/C25H24N10O/c26-11-17-2-1-3-19(10-17)22-14-28-23-24(31-22)35(33-32-23)16-21-15-34(8-9-36-21)25-29-12-20(13-30-25)18-4-6-27-7-5-18/h1-4,10,12-14,21,27H,5-9,15-16H2/t21-/m0/s1. The SMILES string of the molecule is N#Cc1cccc(-c2cnc3nnn(C[C@@H]4CN(c5ncc(C6=CCNCC6)cn5)CCO4)c3n2)c1. The van der Waals surface area contributed by atoms with Crippen molar-refractivity contribution in [2.75, 3.05) is 37.7 Å². The molecule has 11 heteroatoms. The highest BCUT2D eigenvalue weighted by molar-refractivity contribution is 5.70. The predicted molar refractivity (Wildman–Crippen MR) is 133 cm³/mol. The molecule has 1 saturated heterocycles. The number of nitrogens with zero attached hydrogens (tertiary/aromatic N) is 9. The van der Waals surface area contributed by atoms with Gasteiger partial charge in [-0.3, -0.25) is 0 Å². The van der Waals surface area contributed by atoms with Crippen LogP contribution < -0.4 is 10.2 Å². The third-order valence-corrected chi connectivity index (χ3v) is 6.39. The molecule has 11 nitrogen and oxygen atoms in total. The van der Waals surface area contributed by atoms with Crippen molar-refractivity contribution in [3.63, 3.8) is 0 Å². The van der Waals surface area contributed by atoms with E-state index in [0.717, 1.165) is 37.2 Å². The third kappa shape index (κ3) is 4.51. The molecule has 0 bridgehead atoms. The molecule has 0 saturated carbocycles. The van der Waals surface area contributed by atoms with Crippen LogP contribution in [0.15, 0.2) is 48.9 Å². The van der Waals surface area contributed by atoms with Crippen molar-refractivity contribution in [2.24, 2.45) is 0 Å². The average Bonchev–Trinajstić information content (AvgIpc) is 3.35. The molecule has 2 aliphatic rings. The lowest BCUT2D eigenvalue weighted by atomic mass is 10.0. The third-order valence-electron chi connectivity index (χ3n) is 6.39. The largest absolute Gasteiger partial charge is 0.373 e. The van der Waals surface area contributed by atoms with Crippen LogP contribution in [0.1, 0.15) is 17.5 Å². The second-order valence-corrected chi connectivity index (χ2v) is 8.76. The van der Waals surface area contributed by atoms with Gasteiger partial charge in [-0.15, -0.1) is 5.10 Å². The van der Waals surface area contributed by atoms with E-state index >= 15 is 0 Å². The fourth-order valence-electron chi connectivity index (χ4n) is 4.50. The van der Waals surface area contributed by atoms with Gasteiger partial charge in [-0.2, -0.15) is 5.26 Å². The molecule has 36 heavy (non-hydrogen) atoms. The molecule has 1 aromatic carbocycles. The van der Waals surface area contributed by atoms with Gasteiger partial charge < -0.3 is 15.0 Å². The number of fused-ring (bicyclic) bond motifs is 1. The van der Waals surface area contributed by atoms with Gasteiger partial charge in [0.2, 0.25) is 11.6 Å². The van der Waals surface area contributed by atoms with Crippen LogP contribution >= 0.6 is 0 Å². The number of nitriles is 1. The second kappa shape index (κ2) is 9.77. The molecule has 4 aromatic rings. The maximum absolute atomic E-state index is 9.21. The van der Waals surface area contributed by atoms with Gasteiger partial charge in [-0.05, 0) is 30.7 Å². The molecule has 180 valence electrons. The Kier molecular flexibility index (Phi) is 6.03. The number of nitrogens with one attached hydrogen (secondary N) is 1. The minimum absolute atomic E-state index is 0.133. The first kappa shape index (κ1) is 22.2. The minimum Gasteiger partial charge on any atom is -0.373 e. The van der Waals surface area contributed by atoms with Crippen LogP contribution in [-0.2, 0) is 11.3 Å². The average molecular weight is 481 g/mol. The van der Waals surface area contributed by atoms with Crippen LogP contribution in [0.3, 0.4) is 0 Å². The summed E-state index contributed by atoms with van der Waals surface area (Å²) in [7, 11) is 0. The zero-order chi connectivity index (χ0) is 24.3. The lowest BCUT2D eigenvalue weighted by molar-refractivity contribution is 0.0273. The predicted octanol–water partition coefficient (Wildman–Crippen LogP) is 1.83. The normalized spacial score (nSPS) is 18.1. The summed E-state index contributed by atoms with van der Waals surface area (Å²) in [5.41, 5.74) is 5.45. The maximum Gasteiger partial charge on any atom is 0.225 e. The number of anilines is 1. The van der Waals surface area contributed by atoms with E-state index in [1.807, 2.05) is 24.5 Å². The van der Waals surface area contributed by atoms with E-state index in [1.54, 1.807) is 23.0 Å². The molecule has 1 fully saturated rings. The van der Waals surface area contributed by atoms with Crippen molar-refractivity contribution in [3.8, 4) is 17.3 Å². The van der Waals surface area contributed by atoms with Crippen molar-refractivity contribution in [3.05, 3.63) is 60.1 Å². The summed E-state index contributed by atoms with van der Waals surface area (Å²) in [5.74, 6) is 0.699. The van der Waals surface area contributed by atoms with Crippen LogP contribution in [-0.4, -0.2) is 73.8 Å². The Morgan fingerprint density at radius 3 is 2.89 bits per heavy atom. The van der Waals surface area contributed by atoms with Crippen molar-refractivity contribution < 1.29 is 4.74 Å². The molecule has 5 heterocycles. The molecule has 3 aromatic heterocycles. The summed E-state index contributed by atoms with van der Waals surface area (Å²) in [6, 6.07) is 9.44. The summed E-state index contributed by atoms with van der Waals surface area (Å²) >= 11 is 0. The fraction of sp³-hybridized carbons (Fsp3) is 0.320. The van der Waals surface area contributed by atoms with Crippen LogP contribution in [0.5, 0.6) is 0 Å². The van der Waals surface area contributed by atoms with E-state index in [4.69, 9.17) is 9.72 Å². The summed E-state index contributed by atoms with van der Waals surface area (Å²) in [5, 5.41) is 21.0. The molecule has 6 rings (SSSR count). The van der Waals surface area contributed by atoms with Gasteiger partial charge in [0.25, 0.3) is 0 Å². The molecule has 0 radical (unpaired) electrons. The van der Waals surface area contributed by atoms with Gasteiger partial charge in [0, 0.05) is 43.2 Å². The molecule has 0 spiro atoms. The number of aromatic nitrogens is 7. The van der Waals surface area contributed by atoms with Gasteiger partial charge in [0.1, 0.15) is 0 Å². The number of benzene rings is 1. The monoisotopic (exact) mass is 480 g/mol. The smallest absolute Gasteiger partial charge is 0.225 e. The van der Waals surface area contributed by atoms with Gasteiger partial charge >= 0.3 is 0 Å². The lowest BCUT2D eigenvalue weighted by Gasteiger charge is -2.32. The Hall–Kier alpha value is -4.27. The molecule has 0 aliphatic carbocycles. The first-order chi connectivity index (χ1) is 17.8. The van der Waals surface area contributed by atoms with Gasteiger partial charge in [0.15, 0.2) is 5.65 Å². The van der Waals surface area contributed by atoms with Crippen LogP contribution in [0.4, 0.5) is 5.95 Å². The number of morpholine rings is 1. The highest BCUT2D eigenvalue weighted by atomic mass is 16.5. The van der Waals surface area contributed by atoms with E-state index in [2.05, 4.69) is 47.6 Å². The summed E-state index contributed by atoms with van der Waals surface area (Å²) < 4.78 is 7.75. The Balaban J connectivity index is 1.18. The number of hydrogen-bond donors (Lipinski definition) is 1. The first-order valence-corrected chi connectivity index (χ1v) is 11.9. The zero-order valence-corrected chi connectivity index (χ0v) is 19.6. The van der Waals surface area contributed by atoms with Gasteiger partial charge in [-0.1, -0.05) is 23.4 Å². The van der Waals surface area contributed by atoms with Gasteiger partial charge in [0.05, 0.1) is 42.8 Å². The second-order valence-electron chi connectivity index (χ2n) is 8.76. The molecular formula is C25H24N10O. The van der Waals surface area contributed by atoms with Crippen LogP contribution in [0.2, 0.25) is 0 Å². The van der Waals surface area contributed by atoms with E-state index in [9.17, 15) is 5.26 Å². The number of hydrogen-bond acceptors (Lipinski definition) is 10. The van der Waals surface area contributed by atoms with Crippen molar-refractivity contribution in [1.29, 1.82) is 5.26 Å². The number of ether oxygens (including phenoxy) is 1. The lowest BCUT2D eigenvalue weighted by Crippen LogP contribution is -2.45. The minimum atomic E-state index is -0.133. The maximum atomic E-state index is 9.21. The topological polar surface area (TPSA) is 131 Å². The molecule has 1 N–H and O–H groups in total. The fourth-order valence-corrected chi connectivity index (χ4v) is 4.50. The van der Waals surface area contributed by atoms with E-state index in [-0.39, 0.29) is 6.10 Å². The van der Waals surface area contributed by atoms with Crippen LogP contribution in [0, 0.1) is 11.3 Å². The zero-order valence-electron chi connectivity index (χ0n) is 19.6. The van der Waals surface area contributed by atoms with E-state index in [0.29, 0.717) is 48.2 Å². The summed E-state index contributed by atoms with van der Waals surface area (Å²) in [6.45, 7) is 4.26. The quantitative estimate of drug-likeness (QED) is 0.451. The highest BCUT2D eigenvalue weighted by Crippen LogP contribution is 2.22. The first-order valence-electron chi connectivity index (χ1n) is 11.9. The van der Waals surface area contributed by atoms with Crippen molar-refractivity contribution in [2.45, 2.75) is 19.1 Å². The van der Waals surface area contributed by atoms with E-state index in [1.165, 1.54) is 5.57 Å².